The van der Waals surface area contributed by atoms with Gasteiger partial charge in [-0.25, -0.2) is 4.39 Å². The van der Waals surface area contributed by atoms with Crippen LogP contribution in [0.3, 0.4) is 0 Å². The van der Waals surface area contributed by atoms with Crippen LogP contribution in [-0.4, -0.2) is 76.5 Å². The molecular formula is C37H37FN4O5. The van der Waals surface area contributed by atoms with Crippen LogP contribution >= 0.6 is 0 Å². The number of piperidine rings is 3. The van der Waals surface area contributed by atoms with Gasteiger partial charge in [0.25, 0.3) is 11.8 Å². The smallest absolute Gasteiger partial charge is 0.262 e. The van der Waals surface area contributed by atoms with E-state index in [-0.39, 0.29) is 47.5 Å². The minimum Gasteiger partial charge on any atom is -0.342 e. The molecule has 3 aromatic carbocycles. The molecule has 3 fully saturated rings. The predicted molar refractivity (Wildman–Crippen MR) is 171 cm³/mol. The topological polar surface area (TPSA) is 107 Å². The van der Waals surface area contributed by atoms with Gasteiger partial charge in [-0.3, -0.25) is 39.1 Å². The molecule has 0 bridgehead atoms. The molecule has 47 heavy (non-hydrogen) atoms. The number of fused-ring (bicyclic) bond motifs is 1. The highest BCUT2D eigenvalue weighted by molar-refractivity contribution is 6.23. The molecule has 242 valence electrons. The molecule has 0 radical (unpaired) electrons. The van der Waals surface area contributed by atoms with Crippen molar-refractivity contribution in [1.29, 1.82) is 0 Å². The number of hydrogen-bond donors (Lipinski definition) is 1. The van der Waals surface area contributed by atoms with Crippen molar-refractivity contribution < 1.29 is 28.4 Å². The fourth-order valence-corrected chi connectivity index (χ4v) is 7.54. The quantitative estimate of drug-likeness (QED) is 0.404. The molecule has 10 heteroatoms. The van der Waals surface area contributed by atoms with E-state index in [0.29, 0.717) is 5.56 Å². The number of nitrogens with zero attached hydrogens (tertiary/aromatic N) is 3. The Labute approximate surface area is 272 Å². The maximum Gasteiger partial charge on any atom is 0.262 e. The molecule has 0 saturated carbocycles. The highest BCUT2D eigenvalue weighted by Gasteiger charge is 2.44. The van der Waals surface area contributed by atoms with Crippen LogP contribution < -0.4 is 5.32 Å². The maximum atomic E-state index is 14.0. The first kappa shape index (κ1) is 30.9. The highest BCUT2D eigenvalue weighted by atomic mass is 19.1. The van der Waals surface area contributed by atoms with Crippen molar-refractivity contribution in [3.63, 3.8) is 0 Å². The van der Waals surface area contributed by atoms with Crippen molar-refractivity contribution in [1.82, 2.24) is 20.0 Å². The van der Waals surface area contributed by atoms with Crippen LogP contribution in [0.4, 0.5) is 4.39 Å². The summed E-state index contributed by atoms with van der Waals surface area (Å²) in [5, 5.41) is 2.22. The number of rotatable bonds is 6. The molecule has 0 aromatic heterocycles. The Balaban J connectivity index is 0.922. The summed E-state index contributed by atoms with van der Waals surface area (Å²) in [6.45, 7) is 4.28. The van der Waals surface area contributed by atoms with E-state index in [1.54, 1.807) is 30.3 Å². The standard InChI is InChI=1S/C37H37FN4O5/c38-30-4-2-1-3-27(30)22-33(44)41-19-15-37(16-20-41)13-17-40(18-14-37)23-24-5-7-25(8-6-24)26-9-10-28-29(21-26)36(47)42(35(28)46)31-11-12-32(43)39-34(31)45/h1-10,21,31H,11-20,22-23H2,(H,39,43,45). The largest absolute Gasteiger partial charge is 0.342 e. The molecule has 3 saturated heterocycles. The van der Waals surface area contributed by atoms with E-state index in [2.05, 4.69) is 22.3 Å². The minimum atomic E-state index is -0.985. The third kappa shape index (κ3) is 6.10. The normalized spacial score (nSPS) is 21.3. The Morgan fingerprint density at radius 2 is 1.47 bits per heavy atom. The van der Waals surface area contributed by atoms with Crippen LogP contribution in [0.5, 0.6) is 0 Å². The van der Waals surface area contributed by atoms with Gasteiger partial charge in [-0.2, -0.15) is 0 Å². The van der Waals surface area contributed by atoms with Crippen LogP contribution in [-0.2, 0) is 27.3 Å². The van der Waals surface area contributed by atoms with E-state index in [0.717, 1.165) is 74.4 Å². The summed E-state index contributed by atoms with van der Waals surface area (Å²) in [6, 6.07) is 18.9. The van der Waals surface area contributed by atoms with Crippen LogP contribution in [0, 0.1) is 11.2 Å². The number of carbonyl (C=O) groups is 5. The van der Waals surface area contributed by atoms with Gasteiger partial charge in [-0.15, -0.1) is 0 Å². The fourth-order valence-electron chi connectivity index (χ4n) is 7.54. The van der Waals surface area contributed by atoms with Crippen molar-refractivity contribution in [2.45, 2.75) is 57.5 Å². The third-order valence-corrected chi connectivity index (χ3v) is 10.5. The van der Waals surface area contributed by atoms with Gasteiger partial charge in [0, 0.05) is 26.1 Å². The molecule has 0 aliphatic carbocycles. The number of nitrogens with one attached hydrogen (secondary N) is 1. The van der Waals surface area contributed by atoms with Gasteiger partial charge in [-0.05, 0) is 91.1 Å². The van der Waals surface area contributed by atoms with E-state index in [9.17, 15) is 28.4 Å². The average Bonchev–Trinajstić information content (AvgIpc) is 3.32. The van der Waals surface area contributed by atoms with Gasteiger partial charge >= 0.3 is 0 Å². The zero-order valence-corrected chi connectivity index (χ0v) is 26.2. The van der Waals surface area contributed by atoms with Gasteiger partial charge in [0.15, 0.2) is 0 Å². The molecule has 4 aliphatic rings. The Bertz CT molecular complexity index is 1750. The molecule has 3 aromatic rings. The van der Waals surface area contributed by atoms with Gasteiger partial charge in [-0.1, -0.05) is 48.5 Å². The molecule has 1 N–H and O–H groups in total. The number of likely N-dealkylation sites (tertiary alicyclic amines) is 2. The van der Waals surface area contributed by atoms with E-state index in [4.69, 9.17) is 0 Å². The Hall–Kier alpha value is -4.70. The number of halogens is 1. The first-order valence-electron chi connectivity index (χ1n) is 16.4. The molecule has 1 atom stereocenters. The van der Waals surface area contributed by atoms with Crippen LogP contribution in [0.2, 0.25) is 0 Å². The summed E-state index contributed by atoms with van der Waals surface area (Å²) in [7, 11) is 0. The summed E-state index contributed by atoms with van der Waals surface area (Å²) in [6.07, 6.45) is 4.48. The molecular weight excluding hydrogens is 599 g/mol. The summed E-state index contributed by atoms with van der Waals surface area (Å²) >= 11 is 0. The van der Waals surface area contributed by atoms with Gasteiger partial charge in [0.2, 0.25) is 17.7 Å². The summed E-state index contributed by atoms with van der Waals surface area (Å²) in [5.41, 5.74) is 4.16. The van der Waals surface area contributed by atoms with Crippen LogP contribution in [0.1, 0.15) is 70.4 Å². The minimum absolute atomic E-state index is 0.00000723. The fraction of sp³-hybridized carbons (Fsp3) is 0.378. The molecule has 4 aliphatic heterocycles. The van der Waals surface area contributed by atoms with Crippen molar-refractivity contribution in [3.05, 3.63) is 94.8 Å². The number of carbonyl (C=O) groups excluding carboxylic acids is 5. The molecule has 9 nitrogen and oxygen atoms in total. The van der Waals surface area contributed by atoms with Gasteiger partial charge in [0.05, 0.1) is 17.5 Å². The number of hydrogen-bond acceptors (Lipinski definition) is 6. The lowest BCUT2D eigenvalue weighted by molar-refractivity contribution is -0.136. The molecule has 4 heterocycles. The second-order valence-corrected chi connectivity index (χ2v) is 13.3. The van der Waals surface area contributed by atoms with E-state index >= 15 is 0 Å². The average molecular weight is 637 g/mol. The lowest BCUT2D eigenvalue weighted by Crippen LogP contribution is -2.54. The van der Waals surface area contributed by atoms with Crippen molar-refractivity contribution >= 4 is 29.5 Å². The monoisotopic (exact) mass is 636 g/mol. The van der Waals surface area contributed by atoms with Crippen LogP contribution in [0.15, 0.2) is 66.7 Å². The maximum absolute atomic E-state index is 14.0. The van der Waals surface area contributed by atoms with Crippen molar-refractivity contribution in [2.24, 2.45) is 5.41 Å². The zero-order valence-electron chi connectivity index (χ0n) is 26.2. The molecule has 7 rings (SSSR count). The second-order valence-electron chi connectivity index (χ2n) is 13.3. The Morgan fingerprint density at radius 3 is 2.17 bits per heavy atom. The second kappa shape index (κ2) is 12.5. The van der Waals surface area contributed by atoms with E-state index in [1.165, 1.54) is 11.6 Å². The highest BCUT2D eigenvalue weighted by Crippen LogP contribution is 2.42. The molecule has 1 unspecified atom stereocenters. The predicted octanol–water partition coefficient (Wildman–Crippen LogP) is 4.34. The van der Waals surface area contributed by atoms with Gasteiger partial charge < -0.3 is 4.90 Å². The molecule has 1 spiro atoms. The number of benzene rings is 3. The summed E-state index contributed by atoms with van der Waals surface area (Å²) < 4.78 is 14.0. The Morgan fingerprint density at radius 1 is 0.809 bits per heavy atom. The van der Waals surface area contributed by atoms with E-state index < -0.39 is 29.7 Å². The first-order chi connectivity index (χ1) is 22.7. The number of imide groups is 2. The lowest BCUT2D eigenvalue weighted by Gasteiger charge is -2.47. The van der Waals surface area contributed by atoms with E-state index in [1.807, 2.05) is 23.1 Å². The van der Waals surface area contributed by atoms with Crippen LogP contribution in [0.25, 0.3) is 11.1 Å². The van der Waals surface area contributed by atoms with Gasteiger partial charge in [0.1, 0.15) is 11.9 Å². The number of amides is 5. The summed E-state index contributed by atoms with van der Waals surface area (Å²) in [5.74, 6) is -2.37. The zero-order chi connectivity index (χ0) is 32.7. The van der Waals surface area contributed by atoms with Crippen molar-refractivity contribution in [2.75, 3.05) is 26.2 Å². The SMILES string of the molecule is O=C1CCC(N2C(=O)c3ccc(-c4ccc(CN5CCC6(CC5)CCN(C(=O)Cc5ccccc5F)CC6)cc4)cc3C2=O)C(=O)N1. The third-order valence-electron chi connectivity index (χ3n) is 10.5. The lowest BCUT2D eigenvalue weighted by atomic mass is 9.71. The van der Waals surface area contributed by atoms with Crippen molar-refractivity contribution in [3.8, 4) is 11.1 Å². The summed E-state index contributed by atoms with van der Waals surface area (Å²) in [4.78, 5) is 68.4. The molecule has 5 amide bonds. The Kier molecular flexibility index (Phi) is 8.21. The first-order valence-corrected chi connectivity index (χ1v) is 16.4.